The Hall–Kier alpha value is -1.55. The molecule has 2 N–H and O–H groups in total. The molecular formula is C16H22N2O2. The highest BCUT2D eigenvalue weighted by atomic mass is 16.5. The van der Waals surface area contributed by atoms with Crippen molar-refractivity contribution >= 4 is 5.91 Å². The van der Waals surface area contributed by atoms with Crippen molar-refractivity contribution in [2.45, 2.75) is 44.7 Å². The zero-order chi connectivity index (χ0) is 13.9. The molecule has 0 saturated carbocycles. The summed E-state index contributed by atoms with van der Waals surface area (Å²) in [7, 11) is 0. The van der Waals surface area contributed by atoms with Crippen molar-refractivity contribution in [3.8, 4) is 5.75 Å². The van der Waals surface area contributed by atoms with Crippen LogP contribution in [0.1, 0.15) is 42.9 Å². The van der Waals surface area contributed by atoms with Crippen molar-refractivity contribution in [1.29, 1.82) is 0 Å². The number of aryl methyl sites for hydroxylation is 1. The van der Waals surface area contributed by atoms with Gasteiger partial charge in [0.1, 0.15) is 5.75 Å². The third kappa shape index (κ3) is 2.66. The third-order valence-electron chi connectivity index (χ3n) is 4.19. The molecule has 2 unspecified atom stereocenters. The molecule has 2 atom stereocenters. The van der Waals surface area contributed by atoms with Crippen molar-refractivity contribution < 1.29 is 9.53 Å². The van der Waals surface area contributed by atoms with E-state index in [9.17, 15) is 4.79 Å². The van der Waals surface area contributed by atoms with E-state index in [4.69, 9.17) is 4.74 Å². The second-order valence-electron chi connectivity index (χ2n) is 5.69. The van der Waals surface area contributed by atoms with E-state index in [2.05, 4.69) is 29.7 Å². The fraction of sp³-hybridized carbons (Fsp3) is 0.562. The Kier molecular flexibility index (Phi) is 3.92. The van der Waals surface area contributed by atoms with Gasteiger partial charge in [-0.3, -0.25) is 4.79 Å². The lowest BCUT2D eigenvalue weighted by Crippen LogP contribution is -2.42. The van der Waals surface area contributed by atoms with Gasteiger partial charge >= 0.3 is 0 Å². The summed E-state index contributed by atoms with van der Waals surface area (Å²) in [6, 6.07) is 6.22. The molecule has 108 valence electrons. The van der Waals surface area contributed by atoms with E-state index in [0.717, 1.165) is 55.7 Å². The summed E-state index contributed by atoms with van der Waals surface area (Å²) < 4.78 is 5.85. The van der Waals surface area contributed by atoms with Crippen LogP contribution in [0, 0.1) is 6.92 Å². The molecule has 2 aliphatic rings. The lowest BCUT2D eigenvalue weighted by atomic mass is 9.99. The predicted octanol–water partition coefficient (Wildman–Crippen LogP) is 2.08. The molecule has 4 heteroatoms. The Morgan fingerprint density at radius 3 is 3.05 bits per heavy atom. The molecule has 0 spiro atoms. The van der Waals surface area contributed by atoms with Crippen molar-refractivity contribution in [2.75, 3.05) is 13.2 Å². The molecule has 1 saturated heterocycles. The lowest BCUT2D eigenvalue weighted by Gasteiger charge is -2.21. The minimum absolute atomic E-state index is 0.0209. The molecule has 0 radical (unpaired) electrons. The monoisotopic (exact) mass is 274 g/mol. The number of hydrogen-bond donors (Lipinski definition) is 2. The number of hydrogen-bond acceptors (Lipinski definition) is 3. The summed E-state index contributed by atoms with van der Waals surface area (Å²) >= 11 is 0. The van der Waals surface area contributed by atoms with Crippen LogP contribution in [0.4, 0.5) is 0 Å². The van der Waals surface area contributed by atoms with Crippen LogP contribution in [0.3, 0.4) is 0 Å². The third-order valence-corrected chi connectivity index (χ3v) is 4.19. The quantitative estimate of drug-likeness (QED) is 0.868. The normalized spacial score (nSPS) is 25.4. The molecule has 1 aromatic carbocycles. The summed E-state index contributed by atoms with van der Waals surface area (Å²) in [4.78, 5) is 12.3. The van der Waals surface area contributed by atoms with Gasteiger partial charge in [-0.25, -0.2) is 0 Å². The molecule has 0 aromatic heterocycles. The van der Waals surface area contributed by atoms with Crippen LogP contribution >= 0.6 is 0 Å². The molecule has 0 bridgehead atoms. The van der Waals surface area contributed by atoms with Gasteiger partial charge in [0.25, 0.3) is 0 Å². The number of para-hydroxylation sites is 1. The zero-order valence-corrected chi connectivity index (χ0v) is 11.9. The summed E-state index contributed by atoms with van der Waals surface area (Å²) in [6.45, 7) is 3.73. The first-order valence-electron chi connectivity index (χ1n) is 7.52. The molecule has 20 heavy (non-hydrogen) atoms. The number of rotatable bonds is 2. The summed E-state index contributed by atoms with van der Waals surface area (Å²) in [5.41, 5.74) is 2.26. The number of carbonyl (C=O) groups is 1. The summed E-state index contributed by atoms with van der Waals surface area (Å²) in [5, 5.41) is 6.46. The number of carbonyl (C=O) groups excluding carboxylic acids is 1. The highest BCUT2D eigenvalue weighted by Crippen LogP contribution is 2.34. The molecule has 3 rings (SSSR count). The first-order valence-corrected chi connectivity index (χ1v) is 7.52. The molecule has 1 amide bonds. The van der Waals surface area contributed by atoms with Gasteiger partial charge in [-0.1, -0.05) is 18.2 Å². The van der Waals surface area contributed by atoms with Gasteiger partial charge in [0, 0.05) is 5.56 Å². The number of fused-ring (bicyclic) bond motifs is 1. The number of amides is 1. The second-order valence-corrected chi connectivity index (χ2v) is 5.69. The fourth-order valence-corrected chi connectivity index (χ4v) is 3.09. The predicted molar refractivity (Wildman–Crippen MR) is 77.8 cm³/mol. The Bertz CT molecular complexity index is 495. The van der Waals surface area contributed by atoms with Gasteiger partial charge in [0.05, 0.1) is 18.7 Å². The highest BCUT2D eigenvalue weighted by molar-refractivity contribution is 5.82. The molecule has 2 heterocycles. The Balaban J connectivity index is 1.79. The van der Waals surface area contributed by atoms with Gasteiger partial charge in [-0.2, -0.15) is 0 Å². The van der Waals surface area contributed by atoms with Crippen molar-refractivity contribution in [3.05, 3.63) is 29.3 Å². The number of ether oxygens (including phenoxy) is 1. The van der Waals surface area contributed by atoms with E-state index in [0.29, 0.717) is 0 Å². The van der Waals surface area contributed by atoms with E-state index < -0.39 is 0 Å². The lowest BCUT2D eigenvalue weighted by molar-refractivity contribution is -0.123. The summed E-state index contributed by atoms with van der Waals surface area (Å²) in [5.74, 6) is 1.08. The standard InChI is InChI=1S/C16H22N2O2/c1-11-5-2-6-12-13(8-4-10-20-15(11)12)18-16(19)14-7-3-9-17-14/h2,5-6,13-14,17H,3-4,7-10H2,1H3,(H,18,19). The minimum atomic E-state index is -0.0209. The van der Waals surface area contributed by atoms with Crippen molar-refractivity contribution in [2.24, 2.45) is 0 Å². The number of benzene rings is 1. The van der Waals surface area contributed by atoms with Crippen LogP contribution < -0.4 is 15.4 Å². The SMILES string of the molecule is Cc1cccc2c1OCCCC2NC(=O)C1CCCN1. The average Bonchev–Trinajstić information content (AvgIpc) is 2.90. The highest BCUT2D eigenvalue weighted by Gasteiger charge is 2.27. The molecular weight excluding hydrogens is 252 g/mol. The largest absolute Gasteiger partial charge is 0.493 e. The molecule has 2 aliphatic heterocycles. The first kappa shape index (κ1) is 13.4. The van der Waals surface area contributed by atoms with Crippen LogP contribution in [-0.4, -0.2) is 25.1 Å². The van der Waals surface area contributed by atoms with E-state index >= 15 is 0 Å². The van der Waals surface area contributed by atoms with Crippen LogP contribution in [0.25, 0.3) is 0 Å². The smallest absolute Gasteiger partial charge is 0.237 e. The fourth-order valence-electron chi connectivity index (χ4n) is 3.09. The van der Waals surface area contributed by atoms with Crippen LogP contribution in [-0.2, 0) is 4.79 Å². The van der Waals surface area contributed by atoms with Gasteiger partial charge < -0.3 is 15.4 Å². The van der Waals surface area contributed by atoms with Crippen molar-refractivity contribution in [3.63, 3.8) is 0 Å². The zero-order valence-electron chi connectivity index (χ0n) is 11.9. The van der Waals surface area contributed by atoms with E-state index in [-0.39, 0.29) is 18.0 Å². The Labute approximate surface area is 119 Å². The molecule has 0 aliphatic carbocycles. The maximum Gasteiger partial charge on any atom is 0.237 e. The molecule has 1 fully saturated rings. The van der Waals surface area contributed by atoms with Crippen LogP contribution in [0.5, 0.6) is 5.75 Å². The van der Waals surface area contributed by atoms with Gasteiger partial charge in [-0.15, -0.1) is 0 Å². The first-order chi connectivity index (χ1) is 9.75. The van der Waals surface area contributed by atoms with Crippen LogP contribution in [0.15, 0.2) is 18.2 Å². The number of nitrogens with one attached hydrogen (secondary N) is 2. The Morgan fingerprint density at radius 2 is 2.25 bits per heavy atom. The topological polar surface area (TPSA) is 50.4 Å². The van der Waals surface area contributed by atoms with E-state index in [1.807, 2.05) is 6.07 Å². The summed E-state index contributed by atoms with van der Waals surface area (Å²) in [6.07, 6.45) is 3.93. The van der Waals surface area contributed by atoms with Gasteiger partial charge in [-0.05, 0) is 44.7 Å². The maximum atomic E-state index is 12.3. The molecule has 4 nitrogen and oxygen atoms in total. The van der Waals surface area contributed by atoms with Gasteiger partial charge in [0.15, 0.2) is 0 Å². The average molecular weight is 274 g/mol. The maximum absolute atomic E-state index is 12.3. The Morgan fingerprint density at radius 1 is 1.35 bits per heavy atom. The van der Waals surface area contributed by atoms with Crippen molar-refractivity contribution in [1.82, 2.24) is 10.6 Å². The van der Waals surface area contributed by atoms with E-state index in [1.165, 1.54) is 0 Å². The second kappa shape index (κ2) is 5.83. The van der Waals surface area contributed by atoms with Gasteiger partial charge in [0.2, 0.25) is 5.91 Å². The van der Waals surface area contributed by atoms with E-state index in [1.54, 1.807) is 0 Å². The molecule has 1 aromatic rings. The minimum Gasteiger partial charge on any atom is -0.493 e. The van der Waals surface area contributed by atoms with Crippen LogP contribution in [0.2, 0.25) is 0 Å².